The molecule has 6 nitrogen and oxygen atoms in total. The van der Waals surface area contributed by atoms with Gasteiger partial charge in [0, 0.05) is 43.4 Å². The number of carbonyl (C=O) groups is 1. The minimum Gasteiger partial charge on any atom is -0.447 e. The maximum Gasteiger partial charge on any atom is 0.277 e. The second kappa shape index (κ2) is 10.1. The molecule has 1 fully saturated rings. The first-order valence-corrected chi connectivity index (χ1v) is 11.7. The number of oxazole rings is 1. The number of piperazine rings is 1. The number of rotatable bonds is 6. The van der Waals surface area contributed by atoms with Crippen molar-refractivity contribution in [2.75, 3.05) is 31.5 Å². The van der Waals surface area contributed by atoms with E-state index in [1.54, 1.807) is 24.3 Å². The van der Waals surface area contributed by atoms with Crippen molar-refractivity contribution >= 4 is 23.2 Å². The summed E-state index contributed by atoms with van der Waals surface area (Å²) >= 11 is 5.88. The Bertz CT molecular complexity index is 1060. The molecule has 1 aliphatic rings. The fraction of sp³-hybridized carbons (Fsp3) is 0.385. The third-order valence-corrected chi connectivity index (χ3v) is 6.19. The van der Waals surface area contributed by atoms with Crippen LogP contribution in [-0.2, 0) is 18.5 Å². The zero-order valence-corrected chi connectivity index (χ0v) is 20.2. The van der Waals surface area contributed by atoms with Crippen LogP contribution in [0.15, 0.2) is 59.2 Å². The molecule has 0 atom stereocenters. The molecule has 33 heavy (non-hydrogen) atoms. The summed E-state index contributed by atoms with van der Waals surface area (Å²) in [6, 6.07) is 15.9. The van der Waals surface area contributed by atoms with Gasteiger partial charge in [-0.05, 0) is 40.8 Å². The van der Waals surface area contributed by atoms with Gasteiger partial charge in [0.15, 0.2) is 5.69 Å². The van der Waals surface area contributed by atoms with E-state index in [-0.39, 0.29) is 17.0 Å². The summed E-state index contributed by atoms with van der Waals surface area (Å²) < 4.78 is 5.56. The van der Waals surface area contributed by atoms with Gasteiger partial charge in [0.25, 0.3) is 5.91 Å². The number of hydrogen-bond acceptors (Lipinski definition) is 5. The smallest absolute Gasteiger partial charge is 0.277 e. The quantitative estimate of drug-likeness (QED) is 0.541. The van der Waals surface area contributed by atoms with Crippen molar-refractivity contribution in [2.24, 2.45) is 0 Å². The van der Waals surface area contributed by atoms with E-state index in [0.29, 0.717) is 23.1 Å². The lowest BCUT2D eigenvalue weighted by atomic mass is 9.87. The summed E-state index contributed by atoms with van der Waals surface area (Å²) in [6.45, 7) is 12.1. The van der Waals surface area contributed by atoms with E-state index in [1.165, 1.54) is 17.4 Å². The summed E-state index contributed by atoms with van der Waals surface area (Å²) in [5.41, 5.74) is 3.83. The summed E-state index contributed by atoms with van der Waals surface area (Å²) in [5, 5.41) is 3.42. The molecule has 174 valence electrons. The minimum atomic E-state index is -0.297. The molecular formula is C26H31ClN4O2. The van der Waals surface area contributed by atoms with Crippen molar-refractivity contribution in [3.05, 3.63) is 82.5 Å². The first kappa shape index (κ1) is 23.5. The number of nitrogens with zero attached hydrogens (tertiary/aromatic N) is 3. The minimum absolute atomic E-state index is 0.181. The number of anilines is 1. The molecule has 3 aromatic rings. The van der Waals surface area contributed by atoms with Gasteiger partial charge >= 0.3 is 0 Å². The van der Waals surface area contributed by atoms with Crippen LogP contribution in [0.25, 0.3) is 0 Å². The van der Waals surface area contributed by atoms with Crippen LogP contribution in [0.2, 0.25) is 5.02 Å². The van der Waals surface area contributed by atoms with Crippen molar-refractivity contribution in [3.8, 4) is 0 Å². The SMILES string of the molecule is CC(C)(C)c1ccc(CN2CCN(Cc3nc(C(=O)Nc4ccc(Cl)cc4)co3)CC2)cc1. The van der Waals surface area contributed by atoms with E-state index in [9.17, 15) is 4.79 Å². The molecular weight excluding hydrogens is 436 g/mol. The van der Waals surface area contributed by atoms with Crippen LogP contribution >= 0.6 is 11.6 Å². The number of benzene rings is 2. The number of aromatic nitrogens is 1. The first-order valence-electron chi connectivity index (χ1n) is 11.3. The number of halogens is 1. The van der Waals surface area contributed by atoms with Crippen LogP contribution < -0.4 is 5.32 Å². The fourth-order valence-electron chi connectivity index (χ4n) is 3.88. The van der Waals surface area contributed by atoms with Crippen molar-refractivity contribution in [3.63, 3.8) is 0 Å². The molecule has 2 aromatic carbocycles. The monoisotopic (exact) mass is 466 g/mol. The van der Waals surface area contributed by atoms with E-state index < -0.39 is 0 Å². The van der Waals surface area contributed by atoms with Gasteiger partial charge in [-0.1, -0.05) is 56.6 Å². The Morgan fingerprint density at radius 3 is 2.18 bits per heavy atom. The van der Waals surface area contributed by atoms with Gasteiger partial charge in [0.2, 0.25) is 5.89 Å². The summed E-state index contributed by atoms with van der Waals surface area (Å²) in [5.74, 6) is 0.261. The van der Waals surface area contributed by atoms with Crippen LogP contribution in [0.4, 0.5) is 5.69 Å². The molecule has 1 N–H and O–H groups in total. The van der Waals surface area contributed by atoms with Gasteiger partial charge in [-0.25, -0.2) is 4.98 Å². The highest BCUT2D eigenvalue weighted by molar-refractivity contribution is 6.30. The molecule has 1 aliphatic heterocycles. The highest BCUT2D eigenvalue weighted by Crippen LogP contribution is 2.23. The van der Waals surface area contributed by atoms with Gasteiger partial charge < -0.3 is 9.73 Å². The molecule has 1 aromatic heterocycles. The van der Waals surface area contributed by atoms with Crippen LogP contribution in [0.5, 0.6) is 0 Å². The van der Waals surface area contributed by atoms with Crippen LogP contribution in [0, 0.1) is 0 Å². The Hall–Kier alpha value is -2.67. The van der Waals surface area contributed by atoms with Crippen molar-refractivity contribution in [1.82, 2.24) is 14.8 Å². The second-order valence-corrected chi connectivity index (χ2v) is 10.0. The van der Waals surface area contributed by atoms with E-state index in [4.69, 9.17) is 16.0 Å². The van der Waals surface area contributed by atoms with Crippen LogP contribution in [-0.4, -0.2) is 46.9 Å². The molecule has 1 saturated heterocycles. The van der Waals surface area contributed by atoms with Crippen molar-refractivity contribution in [2.45, 2.75) is 39.3 Å². The van der Waals surface area contributed by atoms with Crippen LogP contribution in [0.3, 0.4) is 0 Å². The van der Waals surface area contributed by atoms with Gasteiger partial charge in [0.05, 0.1) is 6.54 Å². The predicted octanol–water partition coefficient (Wildman–Crippen LogP) is 5.20. The molecule has 4 rings (SSSR count). The Kier molecular flexibility index (Phi) is 7.17. The van der Waals surface area contributed by atoms with E-state index >= 15 is 0 Å². The zero-order valence-electron chi connectivity index (χ0n) is 19.5. The number of nitrogens with one attached hydrogen (secondary N) is 1. The predicted molar refractivity (Wildman–Crippen MR) is 132 cm³/mol. The molecule has 1 amide bonds. The molecule has 0 saturated carbocycles. The third-order valence-electron chi connectivity index (χ3n) is 5.94. The second-order valence-electron chi connectivity index (χ2n) is 9.59. The van der Waals surface area contributed by atoms with Crippen LogP contribution in [0.1, 0.15) is 48.3 Å². The normalized spacial score (nSPS) is 15.5. The number of hydrogen-bond donors (Lipinski definition) is 1. The molecule has 0 unspecified atom stereocenters. The van der Waals surface area contributed by atoms with Gasteiger partial charge in [-0.2, -0.15) is 0 Å². The maximum absolute atomic E-state index is 12.4. The van der Waals surface area contributed by atoms with Crippen molar-refractivity contribution in [1.29, 1.82) is 0 Å². The Balaban J connectivity index is 1.24. The lowest BCUT2D eigenvalue weighted by molar-refractivity contribution is 0.102. The average Bonchev–Trinajstić information content (AvgIpc) is 3.25. The van der Waals surface area contributed by atoms with Gasteiger partial charge in [0.1, 0.15) is 6.26 Å². The maximum atomic E-state index is 12.4. The fourth-order valence-corrected chi connectivity index (χ4v) is 4.01. The molecule has 0 aliphatic carbocycles. The standard InChI is InChI=1S/C26H31ClN4O2/c1-26(2,3)20-6-4-19(5-7-20)16-30-12-14-31(15-13-30)17-24-29-23(18-33-24)25(32)28-22-10-8-21(27)9-11-22/h4-11,18H,12-17H2,1-3H3,(H,28,32). The average molecular weight is 467 g/mol. The lowest BCUT2D eigenvalue weighted by Crippen LogP contribution is -2.45. The van der Waals surface area contributed by atoms with E-state index in [0.717, 1.165) is 32.7 Å². The number of carbonyl (C=O) groups excluding carboxylic acids is 1. The summed E-state index contributed by atoms with van der Waals surface area (Å²) in [7, 11) is 0. The van der Waals surface area contributed by atoms with Crippen molar-refractivity contribution < 1.29 is 9.21 Å². The Morgan fingerprint density at radius 1 is 0.970 bits per heavy atom. The van der Waals surface area contributed by atoms with Gasteiger partial charge in [-0.15, -0.1) is 0 Å². The lowest BCUT2D eigenvalue weighted by Gasteiger charge is -2.34. The Labute approximate surface area is 200 Å². The zero-order chi connectivity index (χ0) is 23.4. The third kappa shape index (κ3) is 6.44. The summed E-state index contributed by atoms with van der Waals surface area (Å²) in [4.78, 5) is 21.6. The number of amides is 1. The molecule has 7 heteroatoms. The van der Waals surface area contributed by atoms with E-state index in [1.807, 2.05) is 0 Å². The molecule has 0 radical (unpaired) electrons. The molecule has 0 spiro atoms. The Morgan fingerprint density at radius 2 is 1.58 bits per heavy atom. The highest BCUT2D eigenvalue weighted by atomic mass is 35.5. The molecule has 2 heterocycles. The van der Waals surface area contributed by atoms with E-state index in [2.05, 4.69) is 65.1 Å². The highest BCUT2D eigenvalue weighted by Gasteiger charge is 2.20. The topological polar surface area (TPSA) is 61.6 Å². The first-order chi connectivity index (χ1) is 15.8. The van der Waals surface area contributed by atoms with Gasteiger partial charge in [-0.3, -0.25) is 14.6 Å². The largest absolute Gasteiger partial charge is 0.447 e. The molecule has 0 bridgehead atoms. The summed E-state index contributed by atoms with van der Waals surface area (Å²) in [6.07, 6.45) is 1.41.